The van der Waals surface area contributed by atoms with E-state index in [0.29, 0.717) is 13.0 Å². The number of carbonyl (C=O) groups is 2. The molecule has 0 saturated carbocycles. The van der Waals surface area contributed by atoms with Crippen LogP contribution in [0.4, 0.5) is 4.79 Å². The monoisotopic (exact) mass is 234 g/mol. The summed E-state index contributed by atoms with van der Waals surface area (Å²) in [4.78, 5) is 27.1. The number of hydrogen-bond acceptors (Lipinski definition) is 4. The Hall–Kier alpha value is -1.34. The summed E-state index contributed by atoms with van der Waals surface area (Å²) < 4.78 is 0. The highest BCUT2D eigenvalue weighted by Crippen LogP contribution is 1.96. The lowest BCUT2D eigenvalue weighted by Gasteiger charge is -2.16. The second kappa shape index (κ2) is 8.93. The number of nitrogens with zero attached hydrogens (tertiary/aromatic N) is 1. The smallest absolute Gasteiger partial charge is 0.341 e. The molecule has 0 aliphatic rings. The van der Waals surface area contributed by atoms with Crippen LogP contribution in [0, 0.1) is 0 Å². The third-order valence-corrected chi connectivity index (χ3v) is 1.85. The van der Waals surface area contributed by atoms with Gasteiger partial charge < -0.3 is 15.1 Å². The Balaban J connectivity index is 3.53. The van der Waals surface area contributed by atoms with E-state index in [-0.39, 0.29) is 6.61 Å². The molecule has 2 amide bonds. The molecule has 0 fully saturated rings. The van der Waals surface area contributed by atoms with E-state index in [0.717, 1.165) is 12.8 Å². The van der Waals surface area contributed by atoms with Gasteiger partial charge in [0.25, 0.3) is 0 Å². The number of hydrogen-bond donors (Lipinski definition) is 3. The van der Waals surface area contributed by atoms with Crippen LogP contribution in [0.1, 0.15) is 19.3 Å². The molecule has 3 N–H and O–H groups in total. The van der Waals surface area contributed by atoms with Crippen molar-refractivity contribution in [3.8, 4) is 0 Å². The maximum Gasteiger partial charge on any atom is 0.341 e. The van der Waals surface area contributed by atoms with Gasteiger partial charge in [-0.2, -0.15) is 0 Å². The van der Waals surface area contributed by atoms with Gasteiger partial charge in [-0.15, -0.1) is 0 Å². The number of carbonyl (C=O) groups excluding carboxylic acids is 1. The minimum absolute atomic E-state index is 0.150. The number of nitrogens with one attached hydrogen (secondary N) is 1. The fourth-order valence-electron chi connectivity index (χ4n) is 0.977. The van der Waals surface area contributed by atoms with E-state index in [9.17, 15) is 9.59 Å². The zero-order valence-corrected chi connectivity index (χ0v) is 9.31. The molecule has 94 valence electrons. The summed E-state index contributed by atoms with van der Waals surface area (Å²) in [5.41, 5.74) is 2.01. The van der Waals surface area contributed by atoms with Crippen molar-refractivity contribution in [1.29, 1.82) is 0 Å². The fourth-order valence-corrected chi connectivity index (χ4v) is 0.977. The topological polar surface area (TPSA) is 99.1 Å². The quantitative estimate of drug-likeness (QED) is 0.399. The van der Waals surface area contributed by atoms with Crippen molar-refractivity contribution >= 4 is 12.0 Å². The van der Waals surface area contributed by atoms with Gasteiger partial charge in [-0.1, -0.05) is 0 Å². The Bertz CT molecular complexity index is 222. The van der Waals surface area contributed by atoms with Gasteiger partial charge in [-0.05, 0) is 19.3 Å². The highest BCUT2D eigenvalue weighted by atomic mass is 16.7. The third-order valence-electron chi connectivity index (χ3n) is 1.85. The molecule has 0 aromatic heterocycles. The van der Waals surface area contributed by atoms with E-state index in [1.807, 2.05) is 5.48 Å². The predicted octanol–water partition coefficient (Wildman–Crippen LogP) is -0.193. The van der Waals surface area contributed by atoms with Gasteiger partial charge in [-0.25, -0.2) is 15.1 Å². The molecule has 0 bridgehead atoms. The number of carboxylic acids is 1. The number of amides is 2. The lowest BCUT2D eigenvalue weighted by molar-refractivity contribution is -0.144. The lowest BCUT2D eigenvalue weighted by atomic mass is 10.2. The Morgan fingerprint density at radius 1 is 1.31 bits per heavy atom. The van der Waals surface area contributed by atoms with Gasteiger partial charge in [0.15, 0.2) is 6.61 Å². The van der Waals surface area contributed by atoms with Gasteiger partial charge in [0, 0.05) is 20.2 Å². The molecular formula is C9H18N2O5. The van der Waals surface area contributed by atoms with E-state index in [2.05, 4.69) is 4.84 Å². The number of unbranched alkanes of at least 4 members (excludes halogenated alkanes) is 2. The molecule has 0 unspecified atom stereocenters. The Kier molecular flexibility index (Phi) is 8.18. The molecule has 0 aliphatic carbocycles. The number of carboxylic acid groups (broad SMARTS) is 1. The maximum atomic E-state index is 11.2. The first-order valence-corrected chi connectivity index (χ1v) is 5.03. The molecule has 0 aromatic rings. The molecule has 7 heteroatoms. The molecule has 0 aromatic carbocycles. The van der Waals surface area contributed by atoms with Crippen LogP contribution in [0.15, 0.2) is 0 Å². The van der Waals surface area contributed by atoms with Crippen LogP contribution >= 0.6 is 0 Å². The molecule has 7 nitrogen and oxygen atoms in total. The summed E-state index contributed by atoms with van der Waals surface area (Å²) in [6.45, 7) is 0.115. The van der Waals surface area contributed by atoms with Crippen LogP contribution in [0.5, 0.6) is 0 Å². The molecule has 0 atom stereocenters. The second-order valence-electron chi connectivity index (χ2n) is 3.30. The van der Waals surface area contributed by atoms with Crippen LogP contribution in [0.2, 0.25) is 0 Å². The van der Waals surface area contributed by atoms with Crippen LogP contribution in [-0.4, -0.2) is 53.9 Å². The number of hydroxylamine groups is 1. The largest absolute Gasteiger partial charge is 0.479 e. The Labute approximate surface area is 93.9 Å². The molecule has 0 radical (unpaired) electrons. The van der Waals surface area contributed by atoms with Crippen molar-refractivity contribution < 1.29 is 24.6 Å². The highest BCUT2D eigenvalue weighted by Gasteiger charge is 2.08. The predicted molar refractivity (Wildman–Crippen MR) is 55.7 cm³/mol. The number of aliphatic hydroxyl groups is 1. The molecule has 0 rings (SSSR count). The molecule has 0 spiro atoms. The second-order valence-corrected chi connectivity index (χ2v) is 3.30. The first-order valence-electron chi connectivity index (χ1n) is 5.03. The van der Waals surface area contributed by atoms with E-state index >= 15 is 0 Å². The molecular weight excluding hydrogens is 216 g/mol. The van der Waals surface area contributed by atoms with Crippen molar-refractivity contribution in [2.75, 3.05) is 26.8 Å². The minimum atomic E-state index is -1.15. The van der Waals surface area contributed by atoms with Crippen molar-refractivity contribution in [3.05, 3.63) is 0 Å². The third kappa shape index (κ3) is 8.01. The van der Waals surface area contributed by atoms with Crippen molar-refractivity contribution in [2.24, 2.45) is 0 Å². The summed E-state index contributed by atoms with van der Waals surface area (Å²) in [5.74, 6) is -1.15. The minimum Gasteiger partial charge on any atom is -0.479 e. The zero-order chi connectivity index (χ0) is 12.4. The van der Waals surface area contributed by atoms with Gasteiger partial charge in [0.2, 0.25) is 0 Å². The number of aliphatic hydroxyl groups excluding tert-OH is 1. The van der Waals surface area contributed by atoms with E-state index < -0.39 is 18.6 Å². The molecule has 0 heterocycles. The summed E-state index contributed by atoms with van der Waals surface area (Å²) in [6, 6.07) is -0.481. The standard InChI is InChI=1S/C9H18N2O5/c1-11(5-3-2-4-6-12)9(15)10-16-7-8(13)14/h12H,2-7H2,1H3,(H,10,15)(H,13,14). The van der Waals surface area contributed by atoms with Gasteiger partial charge in [-0.3, -0.25) is 4.84 Å². The number of urea groups is 1. The summed E-state index contributed by atoms with van der Waals surface area (Å²) in [7, 11) is 1.58. The van der Waals surface area contributed by atoms with Crippen LogP contribution in [-0.2, 0) is 9.63 Å². The summed E-state index contributed by atoms with van der Waals surface area (Å²) in [6.07, 6.45) is 2.33. The normalized spacial score (nSPS) is 9.88. The van der Waals surface area contributed by atoms with Crippen LogP contribution in [0.25, 0.3) is 0 Å². The Morgan fingerprint density at radius 2 is 2.00 bits per heavy atom. The van der Waals surface area contributed by atoms with Gasteiger partial charge >= 0.3 is 12.0 Å². The highest BCUT2D eigenvalue weighted by molar-refractivity contribution is 5.73. The van der Waals surface area contributed by atoms with E-state index in [1.54, 1.807) is 7.05 Å². The van der Waals surface area contributed by atoms with Crippen molar-refractivity contribution in [1.82, 2.24) is 10.4 Å². The van der Waals surface area contributed by atoms with E-state index in [1.165, 1.54) is 4.90 Å². The van der Waals surface area contributed by atoms with Crippen LogP contribution in [0.3, 0.4) is 0 Å². The average molecular weight is 234 g/mol. The summed E-state index contributed by atoms with van der Waals surface area (Å²) >= 11 is 0. The summed E-state index contributed by atoms with van der Waals surface area (Å²) in [5, 5.41) is 16.8. The van der Waals surface area contributed by atoms with Crippen molar-refractivity contribution in [3.63, 3.8) is 0 Å². The number of aliphatic carboxylic acids is 1. The number of rotatable bonds is 8. The molecule has 16 heavy (non-hydrogen) atoms. The first-order chi connectivity index (χ1) is 7.57. The van der Waals surface area contributed by atoms with E-state index in [4.69, 9.17) is 10.2 Å². The Morgan fingerprint density at radius 3 is 2.56 bits per heavy atom. The molecule has 0 aliphatic heterocycles. The van der Waals surface area contributed by atoms with Crippen LogP contribution < -0.4 is 5.48 Å². The van der Waals surface area contributed by atoms with Gasteiger partial charge in [0.1, 0.15) is 0 Å². The zero-order valence-electron chi connectivity index (χ0n) is 9.31. The first kappa shape index (κ1) is 14.7. The lowest BCUT2D eigenvalue weighted by Crippen LogP contribution is -2.38. The van der Waals surface area contributed by atoms with Crippen molar-refractivity contribution in [2.45, 2.75) is 19.3 Å². The SMILES string of the molecule is CN(CCCCCO)C(=O)NOCC(=O)O. The molecule has 0 saturated heterocycles. The average Bonchev–Trinajstić information content (AvgIpc) is 2.23. The fraction of sp³-hybridized carbons (Fsp3) is 0.778. The van der Waals surface area contributed by atoms with Gasteiger partial charge in [0.05, 0.1) is 0 Å². The maximum absolute atomic E-state index is 11.2.